The first-order valence-electron chi connectivity index (χ1n) is 7.15. The number of nitrogens with zero attached hydrogens (tertiary/aromatic N) is 1. The molecule has 116 valence electrons. The van der Waals surface area contributed by atoms with Gasteiger partial charge in [-0.2, -0.15) is 0 Å². The number of hydrogen-bond acceptors (Lipinski definition) is 4. The Bertz CT molecular complexity index is 622. The lowest BCUT2D eigenvalue weighted by atomic mass is 9.90. The highest BCUT2D eigenvalue weighted by molar-refractivity contribution is 7.89. The van der Waals surface area contributed by atoms with Crippen molar-refractivity contribution in [1.82, 2.24) is 4.72 Å². The van der Waals surface area contributed by atoms with E-state index in [-0.39, 0.29) is 10.6 Å². The summed E-state index contributed by atoms with van der Waals surface area (Å²) in [6, 6.07) is 3.90. The predicted octanol–water partition coefficient (Wildman–Crippen LogP) is 2.76. The molecule has 1 aromatic rings. The van der Waals surface area contributed by atoms with Crippen molar-refractivity contribution in [3.63, 3.8) is 0 Å². The van der Waals surface area contributed by atoms with Crippen LogP contribution in [-0.2, 0) is 10.0 Å². The van der Waals surface area contributed by atoms with Crippen LogP contribution < -0.4 is 4.72 Å². The Morgan fingerprint density at radius 3 is 2.57 bits per heavy atom. The van der Waals surface area contributed by atoms with Gasteiger partial charge in [0.2, 0.25) is 10.0 Å². The number of sulfonamides is 1. The zero-order valence-electron chi connectivity index (χ0n) is 12.0. The van der Waals surface area contributed by atoms with E-state index in [1.165, 1.54) is 18.6 Å². The first kappa shape index (κ1) is 15.9. The molecule has 1 saturated carbocycles. The van der Waals surface area contributed by atoms with Crippen molar-refractivity contribution in [2.75, 3.05) is 6.54 Å². The second-order valence-corrected chi connectivity index (χ2v) is 7.30. The molecule has 0 heterocycles. The lowest BCUT2D eigenvalue weighted by molar-refractivity contribution is -0.385. The van der Waals surface area contributed by atoms with E-state index in [0.717, 1.165) is 31.7 Å². The average Bonchev–Trinajstić information content (AvgIpc) is 2.46. The number of benzene rings is 1. The first-order valence-corrected chi connectivity index (χ1v) is 8.63. The molecule has 0 amide bonds. The first-order chi connectivity index (χ1) is 9.90. The standard InChI is InChI=1S/C14H20N2O4S/c1-11-7-8-13(16(17)18)9-14(11)21(19,20)15-10-12-5-3-2-4-6-12/h7-9,12,15H,2-6,10H2,1H3. The van der Waals surface area contributed by atoms with Crippen LogP contribution >= 0.6 is 0 Å². The third-order valence-corrected chi connectivity index (χ3v) is 5.52. The molecule has 2 rings (SSSR count). The summed E-state index contributed by atoms with van der Waals surface area (Å²) >= 11 is 0. The van der Waals surface area contributed by atoms with Crippen LogP contribution in [0.2, 0.25) is 0 Å². The lowest BCUT2D eigenvalue weighted by Gasteiger charge is -2.21. The maximum Gasteiger partial charge on any atom is 0.270 e. The number of nitrogens with one attached hydrogen (secondary N) is 1. The molecule has 0 saturated heterocycles. The Balaban J connectivity index is 2.14. The van der Waals surface area contributed by atoms with E-state index in [4.69, 9.17) is 0 Å². The number of aryl methyl sites for hydroxylation is 1. The number of hydrogen-bond donors (Lipinski definition) is 1. The van der Waals surface area contributed by atoms with Gasteiger partial charge in [0.25, 0.3) is 5.69 Å². The lowest BCUT2D eigenvalue weighted by Crippen LogP contribution is -2.30. The molecule has 1 fully saturated rings. The van der Waals surface area contributed by atoms with Crippen molar-refractivity contribution >= 4 is 15.7 Å². The van der Waals surface area contributed by atoms with E-state index in [9.17, 15) is 18.5 Å². The number of rotatable bonds is 5. The maximum atomic E-state index is 12.3. The quantitative estimate of drug-likeness (QED) is 0.668. The molecule has 7 heteroatoms. The minimum absolute atomic E-state index is 0.00694. The Labute approximate surface area is 124 Å². The Kier molecular flexibility index (Phi) is 4.95. The second kappa shape index (κ2) is 6.53. The van der Waals surface area contributed by atoms with Gasteiger partial charge in [0.15, 0.2) is 0 Å². The second-order valence-electron chi connectivity index (χ2n) is 5.56. The fourth-order valence-corrected chi connectivity index (χ4v) is 4.07. The molecule has 0 bridgehead atoms. The summed E-state index contributed by atoms with van der Waals surface area (Å²) in [5, 5.41) is 10.8. The van der Waals surface area contributed by atoms with E-state index in [1.54, 1.807) is 6.92 Å². The van der Waals surface area contributed by atoms with Gasteiger partial charge in [-0.05, 0) is 31.2 Å². The van der Waals surface area contributed by atoms with Crippen LogP contribution in [0.15, 0.2) is 23.1 Å². The molecule has 0 aromatic heterocycles. The summed E-state index contributed by atoms with van der Waals surface area (Å²) in [5.74, 6) is 0.368. The Morgan fingerprint density at radius 1 is 1.29 bits per heavy atom. The number of nitro groups is 1. The maximum absolute atomic E-state index is 12.3. The van der Waals surface area contributed by atoms with Crippen LogP contribution in [0.1, 0.15) is 37.7 Å². The normalized spacial score (nSPS) is 16.8. The van der Waals surface area contributed by atoms with E-state index < -0.39 is 14.9 Å². The molecule has 1 aliphatic rings. The van der Waals surface area contributed by atoms with Crippen LogP contribution in [0.5, 0.6) is 0 Å². The van der Waals surface area contributed by atoms with Gasteiger partial charge in [0.1, 0.15) is 0 Å². The molecule has 0 unspecified atom stereocenters. The smallest absolute Gasteiger partial charge is 0.258 e. The molecular formula is C14H20N2O4S. The van der Waals surface area contributed by atoms with Crippen molar-refractivity contribution in [2.24, 2.45) is 5.92 Å². The summed E-state index contributed by atoms with van der Waals surface area (Å²) in [6.45, 7) is 2.05. The van der Waals surface area contributed by atoms with Crippen LogP contribution in [-0.4, -0.2) is 19.9 Å². The number of nitro benzene ring substituents is 1. The van der Waals surface area contributed by atoms with Crippen molar-refractivity contribution in [1.29, 1.82) is 0 Å². The van der Waals surface area contributed by atoms with Crippen molar-refractivity contribution < 1.29 is 13.3 Å². The van der Waals surface area contributed by atoms with Crippen molar-refractivity contribution in [2.45, 2.75) is 43.9 Å². The predicted molar refractivity (Wildman–Crippen MR) is 79.6 cm³/mol. The largest absolute Gasteiger partial charge is 0.270 e. The molecule has 1 aromatic carbocycles. The Morgan fingerprint density at radius 2 is 1.95 bits per heavy atom. The molecule has 0 atom stereocenters. The number of non-ortho nitro benzene ring substituents is 1. The van der Waals surface area contributed by atoms with Gasteiger partial charge >= 0.3 is 0 Å². The van der Waals surface area contributed by atoms with E-state index in [0.29, 0.717) is 18.0 Å². The minimum Gasteiger partial charge on any atom is -0.258 e. The van der Waals surface area contributed by atoms with Crippen molar-refractivity contribution in [3.8, 4) is 0 Å². The third kappa shape index (κ3) is 4.01. The topological polar surface area (TPSA) is 89.3 Å². The van der Waals surface area contributed by atoms with Crippen molar-refractivity contribution in [3.05, 3.63) is 33.9 Å². The van der Waals surface area contributed by atoms with Crippen LogP contribution in [0, 0.1) is 23.0 Å². The average molecular weight is 312 g/mol. The molecule has 1 aliphatic carbocycles. The SMILES string of the molecule is Cc1ccc([N+](=O)[O-])cc1S(=O)(=O)NCC1CCCCC1. The molecule has 1 N–H and O–H groups in total. The van der Waals surface area contributed by atoms with Crippen LogP contribution in [0.25, 0.3) is 0 Å². The highest BCUT2D eigenvalue weighted by atomic mass is 32.2. The highest BCUT2D eigenvalue weighted by Crippen LogP contribution is 2.25. The van der Waals surface area contributed by atoms with Gasteiger partial charge in [-0.1, -0.05) is 25.3 Å². The molecule has 0 aliphatic heterocycles. The molecule has 21 heavy (non-hydrogen) atoms. The zero-order valence-corrected chi connectivity index (χ0v) is 12.9. The van der Waals surface area contributed by atoms with Gasteiger partial charge in [0.05, 0.1) is 9.82 Å². The molecule has 0 radical (unpaired) electrons. The summed E-state index contributed by atoms with van der Waals surface area (Å²) in [4.78, 5) is 10.2. The van der Waals surface area contributed by atoms with Gasteiger partial charge in [-0.25, -0.2) is 13.1 Å². The summed E-state index contributed by atoms with van der Waals surface area (Å²) in [5.41, 5.74) is 0.301. The van der Waals surface area contributed by atoms with Gasteiger partial charge < -0.3 is 0 Å². The zero-order chi connectivity index (χ0) is 15.5. The monoisotopic (exact) mass is 312 g/mol. The van der Waals surface area contributed by atoms with E-state index >= 15 is 0 Å². The summed E-state index contributed by atoms with van der Waals surface area (Å²) in [6.07, 6.45) is 5.57. The summed E-state index contributed by atoms with van der Waals surface area (Å²) in [7, 11) is -3.70. The van der Waals surface area contributed by atoms with Crippen LogP contribution in [0.4, 0.5) is 5.69 Å². The van der Waals surface area contributed by atoms with Crippen LogP contribution in [0.3, 0.4) is 0 Å². The fourth-order valence-electron chi connectivity index (χ4n) is 2.69. The van der Waals surface area contributed by atoms with E-state index in [2.05, 4.69) is 4.72 Å². The van der Waals surface area contributed by atoms with E-state index in [1.807, 2.05) is 0 Å². The van der Waals surface area contributed by atoms with Gasteiger partial charge in [-0.15, -0.1) is 0 Å². The molecule has 0 spiro atoms. The molecule has 6 nitrogen and oxygen atoms in total. The van der Waals surface area contributed by atoms with Gasteiger partial charge in [-0.3, -0.25) is 10.1 Å². The summed E-state index contributed by atoms with van der Waals surface area (Å²) < 4.78 is 27.3. The minimum atomic E-state index is -3.70. The third-order valence-electron chi connectivity index (χ3n) is 3.96. The highest BCUT2D eigenvalue weighted by Gasteiger charge is 2.22. The molecular weight excluding hydrogens is 292 g/mol. The van der Waals surface area contributed by atoms with Gasteiger partial charge in [0, 0.05) is 18.7 Å². The Hall–Kier alpha value is -1.47. The fraction of sp³-hybridized carbons (Fsp3) is 0.571.